The summed E-state index contributed by atoms with van der Waals surface area (Å²) in [5.41, 5.74) is 1.58. The second kappa shape index (κ2) is 9.84. The van der Waals surface area contributed by atoms with Gasteiger partial charge in [0.15, 0.2) is 11.2 Å². The van der Waals surface area contributed by atoms with Crippen molar-refractivity contribution >= 4 is 28.8 Å². The fourth-order valence-electron chi connectivity index (χ4n) is 3.59. The number of hydrogen-bond acceptors (Lipinski definition) is 7. The third-order valence-electron chi connectivity index (χ3n) is 5.58. The molecule has 0 saturated heterocycles. The number of carbonyl (C=O) groups is 1. The molecule has 0 aliphatic heterocycles. The summed E-state index contributed by atoms with van der Waals surface area (Å²) in [4.78, 5) is 28.9. The number of hydrogen-bond donors (Lipinski definition) is 1. The van der Waals surface area contributed by atoms with Crippen LogP contribution in [0, 0.1) is 10.1 Å². The predicted molar refractivity (Wildman–Crippen MR) is 131 cm³/mol. The molecule has 4 aromatic rings. The van der Waals surface area contributed by atoms with Crippen LogP contribution in [0.2, 0.25) is 0 Å². The Hall–Kier alpha value is -4.40. The van der Waals surface area contributed by atoms with Crippen LogP contribution in [0.4, 0.5) is 11.7 Å². The maximum absolute atomic E-state index is 11.5. The van der Waals surface area contributed by atoms with Gasteiger partial charge in [0, 0.05) is 18.2 Å². The topological polar surface area (TPSA) is 119 Å². The highest BCUT2D eigenvalue weighted by Gasteiger charge is 2.29. The maximum Gasteiger partial charge on any atom is 0.347 e. The van der Waals surface area contributed by atoms with E-state index in [0.29, 0.717) is 41.4 Å². The highest BCUT2D eigenvalue weighted by Crippen LogP contribution is 2.27. The largest absolute Gasteiger partial charge is 0.478 e. The van der Waals surface area contributed by atoms with Gasteiger partial charge in [-0.15, -0.1) is 0 Å². The molecule has 9 nitrogen and oxygen atoms in total. The standard InChI is InChI=1S/C26H25N3O6/c1-26(2,24(30)31)35-20-13-11-18(12-14-20)15-16-28(17-19-7-3-5-9-22(19)29(32)33)25-27-21-8-4-6-10-23(21)34-25/h3-14H,15-17H2,1-2H3,(H,30,31). The molecule has 0 spiro atoms. The first-order chi connectivity index (χ1) is 16.7. The normalized spacial score (nSPS) is 11.4. The van der Waals surface area contributed by atoms with E-state index in [2.05, 4.69) is 4.98 Å². The number of benzene rings is 3. The number of oxazole rings is 1. The number of para-hydroxylation sites is 3. The Labute approximate surface area is 201 Å². The van der Waals surface area contributed by atoms with Crippen molar-refractivity contribution in [3.05, 3.63) is 94.0 Å². The number of aromatic nitrogens is 1. The molecule has 0 radical (unpaired) electrons. The Morgan fingerprint density at radius 2 is 1.77 bits per heavy atom. The second-order valence-corrected chi connectivity index (χ2v) is 8.58. The Kier molecular flexibility index (Phi) is 6.68. The Morgan fingerprint density at radius 1 is 1.09 bits per heavy atom. The van der Waals surface area contributed by atoms with Crippen LogP contribution in [-0.4, -0.2) is 33.1 Å². The highest BCUT2D eigenvalue weighted by atomic mass is 16.6. The lowest BCUT2D eigenvalue weighted by atomic mass is 10.1. The highest BCUT2D eigenvalue weighted by molar-refractivity contribution is 5.76. The van der Waals surface area contributed by atoms with Crippen LogP contribution in [-0.2, 0) is 17.8 Å². The summed E-state index contributed by atoms with van der Waals surface area (Å²) in [6, 6.07) is 21.6. The summed E-state index contributed by atoms with van der Waals surface area (Å²) < 4.78 is 11.5. The third-order valence-corrected chi connectivity index (χ3v) is 5.58. The minimum absolute atomic E-state index is 0.0381. The van der Waals surface area contributed by atoms with E-state index in [1.54, 1.807) is 30.3 Å². The number of nitro benzene ring substituents is 1. The van der Waals surface area contributed by atoms with Crippen LogP contribution in [0.25, 0.3) is 11.1 Å². The van der Waals surface area contributed by atoms with Gasteiger partial charge in [0.25, 0.3) is 11.7 Å². The lowest BCUT2D eigenvalue weighted by Gasteiger charge is -2.22. The fraction of sp³-hybridized carbons (Fsp3) is 0.231. The van der Waals surface area contributed by atoms with E-state index in [-0.39, 0.29) is 12.2 Å². The molecule has 4 rings (SSSR count). The maximum atomic E-state index is 11.5. The smallest absolute Gasteiger partial charge is 0.347 e. The van der Waals surface area contributed by atoms with Crippen LogP contribution >= 0.6 is 0 Å². The number of fused-ring (bicyclic) bond motifs is 1. The van der Waals surface area contributed by atoms with E-state index in [1.807, 2.05) is 41.3 Å². The molecule has 35 heavy (non-hydrogen) atoms. The van der Waals surface area contributed by atoms with Gasteiger partial charge >= 0.3 is 5.97 Å². The molecule has 1 aromatic heterocycles. The summed E-state index contributed by atoms with van der Waals surface area (Å²) in [5.74, 6) is -0.595. The third kappa shape index (κ3) is 5.57. The summed E-state index contributed by atoms with van der Waals surface area (Å²) in [5, 5.41) is 20.8. The molecule has 1 N–H and O–H groups in total. The molecule has 0 aliphatic carbocycles. The number of aliphatic carboxylic acids is 1. The molecule has 0 amide bonds. The number of carboxylic acids is 1. The molecule has 0 aliphatic rings. The minimum atomic E-state index is -1.34. The van der Waals surface area contributed by atoms with Gasteiger partial charge in [-0.1, -0.05) is 42.5 Å². The number of nitrogens with zero attached hydrogens (tertiary/aromatic N) is 3. The first-order valence-corrected chi connectivity index (χ1v) is 11.1. The van der Waals surface area contributed by atoms with Crippen LogP contribution in [0.3, 0.4) is 0 Å². The average Bonchev–Trinajstić information content (AvgIpc) is 3.27. The molecule has 0 fully saturated rings. The van der Waals surface area contributed by atoms with Crippen molar-refractivity contribution in [3.63, 3.8) is 0 Å². The van der Waals surface area contributed by atoms with Gasteiger partial charge in [0.05, 0.1) is 11.5 Å². The Bertz CT molecular complexity index is 1310. The molecule has 0 saturated carbocycles. The van der Waals surface area contributed by atoms with Gasteiger partial charge in [0.2, 0.25) is 0 Å². The monoisotopic (exact) mass is 475 g/mol. The molecule has 0 bridgehead atoms. The van der Waals surface area contributed by atoms with E-state index in [9.17, 15) is 20.0 Å². The zero-order valence-electron chi connectivity index (χ0n) is 19.4. The molecule has 3 aromatic carbocycles. The first-order valence-electron chi connectivity index (χ1n) is 11.1. The lowest BCUT2D eigenvalue weighted by Crippen LogP contribution is -2.37. The van der Waals surface area contributed by atoms with Gasteiger partial charge in [-0.3, -0.25) is 10.1 Å². The van der Waals surface area contributed by atoms with Gasteiger partial charge in [-0.05, 0) is 50.1 Å². The molecular weight excluding hydrogens is 450 g/mol. The van der Waals surface area contributed by atoms with Crippen molar-refractivity contribution in [1.29, 1.82) is 0 Å². The summed E-state index contributed by atoms with van der Waals surface area (Å²) in [6.45, 7) is 3.71. The van der Waals surface area contributed by atoms with Crippen molar-refractivity contribution in [3.8, 4) is 5.75 Å². The first kappa shape index (κ1) is 23.7. The van der Waals surface area contributed by atoms with E-state index in [0.717, 1.165) is 5.56 Å². The van der Waals surface area contributed by atoms with Crippen LogP contribution in [0.5, 0.6) is 5.75 Å². The predicted octanol–water partition coefficient (Wildman–Crippen LogP) is 5.23. The molecule has 0 atom stereocenters. The Morgan fingerprint density at radius 3 is 2.46 bits per heavy atom. The van der Waals surface area contributed by atoms with E-state index >= 15 is 0 Å². The van der Waals surface area contributed by atoms with Crippen molar-refractivity contribution < 1.29 is 24.0 Å². The van der Waals surface area contributed by atoms with E-state index in [1.165, 1.54) is 19.9 Å². The van der Waals surface area contributed by atoms with E-state index < -0.39 is 16.5 Å². The quantitative estimate of drug-likeness (QED) is 0.245. The van der Waals surface area contributed by atoms with Gasteiger partial charge in [0.1, 0.15) is 11.3 Å². The number of rotatable bonds is 10. The molecular formula is C26H25N3O6. The SMILES string of the molecule is CC(C)(Oc1ccc(CCN(Cc2ccccc2[N+](=O)[O-])c2nc3ccccc3o2)cc1)C(=O)O. The summed E-state index contributed by atoms with van der Waals surface area (Å²) >= 11 is 0. The van der Waals surface area contributed by atoms with Crippen LogP contribution < -0.4 is 9.64 Å². The Balaban J connectivity index is 1.55. The number of nitro groups is 1. The summed E-state index contributed by atoms with van der Waals surface area (Å²) in [7, 11) is 0. The van der Waals surface area contributed by atoms with Crippen molar-refractivity contribution in [1.82, 2.24) is 4.98 Å². The second-order valence-electron chi connectivity index (χ2n) is 8.58. The van der Waals surface area contributed by atoms with Crippen molar-refractivity contribution in [2.45, 2.75) is 32.4 Å². The van der Waals surface area contributed by atoms with Gasteiger partial charge in [-0.2, -0.15) is 4.98 Å². The van der Waals surface area contributed by atoms with E-state index in [4.69, 9.17) is 9.15 Å². The van der Waals surface area contributed by atoms with Crippen LogP contribution in [0.15, 0.2) is 77.2 Å². The fourth-order valence-corrected chi connectivity index (χ4v) is 3.59. The zero-order valence-corrected chi connectivity index (χ0v) is 19.4. The summed E-state index contributed by atoms with van der Waals surface area (Å²) in [6.07, 6.45) is 0.599. The van der Waals surface area contributed by atoms with Gasteiger partial charge < -0.3 is 19.2 Å². The minimum Gasteiger partial charge on any atom is -0.478 e. The zero-order chi connectivity index (χ0) is 25.0. The number of carboxylic acid groups (broad SMARTS) is 1. The average molecular weight is 476 g/mol. The number of ether oxygens (including phenoxy) is 1. The lowest BCUT2D eigenvalue weighted by molar-refractivity contribution is -0.385. The van der Waals surface area contributed by atoms with Gasteiger partial charge in [-0.25, -0.2) is 4.79 Å². The molecule has 180 valence electrons. The molecule has 1 heterocycles. The van der Waals surface area contributed by atoms with Crippen molar-refractivity contribution in [2.24, 2.45) is 0 Å². The number of anilines is 1. The molecule has 0 unspecified atom stereocenters. The molecule has 9 heteroatoms. The van der Waals surface area contributed by atoms with Crippen molar-refractivity contribution in [2.75, 3.05) is 11.4 Å². The van der Waals surface area contributed by atoms with Crippen LogP contribution in [0.1, 0.15) is 25.0 Å².